The molecule has 0 aliphatic carbocycles. The van der Waals surface area contributed by atoms with Crippen LogP contribution in [0.2, 0.25) is 0 Å². The van der Waals surface area contributed by atoms with E-state index in [1.54, 1.807) is 0 Å². The van der Waals surface area contributed by atoms with Gasteiger partial charge in [0.1, 0.15) is 0 Å². The minimum Gasteiger partial charge on any atom is -0.312 e. The van der Waals surface area contributed by atoms with Crippen LogP contribution in [0.25, 0.3) is 33.3 Å². The van der Waals surface area contributed by atoms with Crippen LogP contribution in [0.4, 0.5) is 0 Å². The van der Waals surface area contributed by atoms with Gasteiger partial charge in [-0.15, -0.1) is 5.10 Å². The summed E-state index contributed by atoms with van der Waals surface area (Å²) in [7, 11) is 0. The Morgan fingerprint density at radius 1 is 0.906 bits per heavy atom. The fraction of sp³-hybridized carbons (Fsp3) is 0.154. The van der Waals surface area contributed by atoms with Gasteiger partial charge < -0.3 is 4.57 Å². The minimum absolute atomic E-state index is 0.0890. The lowest BCUT2D eigenvalue weighted by Crippen LogP contribution is -2.23. The van der Waals surface area contributed by atoms with Crippen molar-refractivity contribution < 1.29 is 0 Å². The summed E-state index contributed by atoms with van der Waals surface area (Å²) in [6.45, 7) is 2.82. The number of tetrazole rings is 1. The molecular weight excluding hydrogens is 398 g/mol. The molecule has 5 aromatic rings. The van der Waals surface area contributed by atoms with Crippen LogP contribution in [-0.2, 0) is 13.0 Å². The lowest BCUT2D eigenvalue weighted by Gasteiger charge is -2.14. The largest absolute Gasteiger partial charge is 0.312 e. The number of pyridine rings is 1. The van der Waals surface area contributed by atoms with Gasteiger partial charge in [0, 0.05) is 29.6 Å². The third-order valence-electron chi connectivity index (χ3n) is 5.73. The Kier molecular flexibility index (Phi) is 5.34. The third-order valence-corrected chi connectivity index (χ3v) is 5.73. The van der Waals surface area contributed by atoms with Crippen molar-refractivity contribution in [1.29, 1.82) is 0 Å². The predicted octanol–water partition coefficient (Wildman–Crippen LogP) is 4.85. The highest BCUT2D eigenvalue weighted by Gasteiger charge is 2.12. The van der Waals surface area contributed by atoms with E-state index in [-0.39, 0.29) is 5.56 Å². The van der Waals surface area contributed by atoms with Crippen molar-refractivity contribution in [3.8, 4) is 22.5 Å². The van der Waals surface area contributed by atoms with Gasteiger partial charge >= 0.3 is 0 Å². The summed E-state index contributed by atoms with van der Waals surface area (Å²) in [6, 6.07) is 26.5. The fourth-order valence-corrected chi connectivity index (χ4v) is 4.19. The first-order chi connectivity index (χ1) is 15.7. The molecule has 0 saturated carbocycles. The molecule has 5 rings (SSSR count). The van der Waals surface area contributed by atoms with E-state index in [0.29, 0.717) is 12.2 Å². The molecule has 0 unspecified atom stereocenters. The lowest BCUT2D eigenvalue weighted by atomic mass is 9.97. The number of aromatic amines is 1. The number of rotatable bonds is 6. The van der Waals surface area contributed by atoms with Gasteiger partial charge in [-0.25, -0.2) is 5.10 Å². The Morgan fingerprint density at radius 3 is 2.41 bits per heavy atom. The highest BCUT2D eigenvalue weighted by molar-refractivity contribution is 5.82. The van der Waals surface area contributed by atoms with Gasteiger partial charge in [-0.05, 0) is 51.1 Å². The molecule has 0 saturated heterocycles. The molecule has 2 heterocycles. The van der Waals surface area contributed by atoms with Crippen LogP contribution in [0.1, 0.15) is 24.6 Å². The number of aromatic nitrogens is 5. The van der Waals surface area contributed by atoms with Gasteiger partial charge in [0.2, 0.25) is 0 Å². The highest BCUT2D eigenvalue weighted by Crippen LogP contribution is 2.30. The van der Waals surface area contributed by atoms with Crippen LogP contribution >= 0.6 is 0 Å². The second-order valence-corrected chi connectivity index (χ2v) is 7.85. The van der Waals surface area contributed by atoms with Crippen molar-refractivity contribution in [2.45, 2.75) is 26.3 Å². The molecule has 2 aromatic heterocycles. The lowest BCUT2D eigenvalue weighted by molar-refractivity contribution is 0.631. The molecule has 0 amide bonds. The number of nitrogens with zero attached hydrogens (tertiary/aromatic N) is 4. The first-order valence-corrected chi connectivity index (χ1v) is 10.8. The zero-order chi connectivity index (χ0) is 21.9. The summed E-state index contributed by atoms with van der Waals surface area (Å²) < 4.78 is 1.92. The van der Waals surface area contributed by atoms with E-state index in [1.165, 1.54) is 0 Å². The van der Waals surface area contributed by atoms with Crippen LogP contribution in [0, 0.1) is 0 Å². The molecule has 0 spiro atoms. The molecule has 6 nitrogen and oxygen atoms in total. The third kappa shape index (κ3) is 3.71. The van der Waals surface area contributed by atoms with E-state index in [0.717, 1.165) is 51.7 Å². The molecule has 6 heteroatoms. The monoisotopic (exact) mass is 421 g/mol. The zero-order valence-electron chi connectivity index (χ0n) is 17.8. The average Bonchev–Trinajstić information content (AvgIpc) is 3.37. The van der Waals surface area contributed by atoms with Crippen LogP contribution in [0.3, 0.4) is 0 Å². The molecule has 0 fully saturated rings. The van der Waals surface area contributed by atoms with E-state index in [2.05, 4.69) is 63.9 Å². The van der Waals surface area contributed by atoms with Crippen LogP contribution in [-0.4, -0.2) is 25.2 Å². The van der Waals surface area contributed by atoms with E-state index in [9.17, 15) is 4.79 Å². The van der Waals surface area contributed by atoms with E-state index in [1.807, 2.05) is 47.0 Å². The summed E-state index contributed by atoms with van der Waals surface area (Å²) in [4.78, 5) is 13.1. The Labute approximate surface area is 185 Å². The van der Waals surface area contributed by atoms with Gasteiger partial charge in [-0.2, -0.15) is 0 Å². The van der Waals surface area contributed by atoms with Gasteiger partial charge in [-0.1, -0.05) is 73.7 Å². The van der Waals surface area contributed by atoms with Gasteiger partial charge in [-0.3, -0.25) is 4.79 Å². The van der Waals surface area contributed by atoms with E-state index >= 15 is 0 Å². The van der Waals surface area contributed by atoms with E-state index in [4.69, 9.17) is 0 Å². The summed E-state index contributed by atoms with van der Waals surface area (Å²) in [5.41, 5.74) is 5.39. The maximum atomic E-state index is 13.1. The summed E-state index contributed by atoms with van der Waals surface area (Å²) in [5, 5.41) is 16.1. The first kappa shape index (κ1) is 19.9. The van der Waals surface area contributed by atoms with Crippen molar-refractivity contribution in [1.82, 2.24) is 25.2 Å². The maximum absolute atomic E-state index is 13.1. The number of nitrogens with one attached hydrogen (secondary N) is 1. The number of hydrogen-bond acceptors (Lipinski definition) is 4. The molecule has 0 radical (unpaired) electrons. The van der Waals surface area contributed by atoms with Crippen LogP contribution < -0.4 is 5.56 Å². The van der Waals surface area contributed by atoms with Crippen molar-refractivity contribution in [2.75, 3.05) is 0 Å². The highest BCUT2D eigenvalue weighted by atomic mass is 16.1. The molecule has 0 bridgehead atoms. The van der Waals surface area contributed by atoms with Crippen molar-refractivity contribution >= 4 is 10.8 Å². The van der Waals surface area contributed by atoms with Crippen molar-refractivity contribution in [2.24, 2.45) is 0 Å². The Morgan fingerprint density at radius 2 is 1.66 bits per heavy atom. The number of H-pyrrole nitrogens is 1. The SMILES string of the molecule is CCCn1c(Cc2ccc(-c3ccccc3-c3nnn[nH]3)cc2)cc2ccccc2c1=O. The number of hydrogen-bond donors (Lipinski definition) is 1. The second kappa shape index (κ2) is 8.59. The fourth-order valence-electron chi connectivity index (χ4n) is 4.19. The van der Waals surface area contributed by atoms with Crippen molar-refractivity contribution in [3.05, 3.63) is 100 Å². The molecule has 0 atom stereocenters. The number of benzene rings is 3. The predicted molar refractivity (Wildman–Crippen MR) is 126 cm³/mol. The summed E-state index contributed by atoms with van der Waals surface area (Å²) in [5.74, 6) is 0.643. The van der Waals surface area contributed by atoms with Gasteiger partial charge in [0.05, 0.1) is 0 Å². The maximum Gasteiger partial charge on any atom is 0.258 e. The summed E-state index contributed by atoms with van der Waals surface area (Å²) in [6.07, 6.45) is 1.62. The first-order valence-electron chi connectivity index (χ1n) is 10.8. The topological polar surface area (TPSA) is 76.5 Å². The molecule has 0 aliphatic heterocycles. The zero-order valence-corrected chi connectivity index (χ0v) is 17.8. The second-order valence-electron chi connectivity index (χ2n) is 7.85. The quantitative estimate of drug-likeness (QED) is 0.425. The molecule has 32 heavy (non-hydrogen) atoms. The summed E-state index contributed by atoms with van der Waals surface area (Å²) >= 11 is 0. The van der Waals surface area contributed by atoms with Gasteiger partial charge in [0.25, 0.3) is 5.56 Å². The molecule has 1 N–H and O–H groups in total. The normalized spacial score (nSPS) is 11.2. The smallest absolute Gasteiger partial charge is 0.258 e. The van der Waals surface area contributed by atoms with Gasteiger partial charge in [0.15, 0.2) is 5.82 Å². The average molecular weight is 422 g/mol. The molecule has 0 aliphatic rings. The van der Waals surface area contributed by atoms with Crippen LogP contribution in [0.15, 0.2) is 83.7 Å². The molecule has 3 aromatic carbocycles. The Balaban J connectivity index is 1.50. The van der Waals surface area contributed by atoms with Crippen molar-refractivity contribution in [3.63, 3.8) is 0 Å². The minimum atomic E-state index is 0.0890. The standard InChI is InChI=1S/C26H23N5O/c1-2-15-31-21(17-20-7-3-4-9-23(20)26(31)32)16-18-11-13-19(14-12-18)22-8-5-6-10-24(22)25-27-29-30-28-25/h3-14,17H,2,15-16H2,1H3,(H,27,28,29,30). The Hall–Kier alpha value is -4.06. The van der Waals surface area contributed by atoms with Crippen LogP contribution in [0.5, 0.6) is 0 Å². The Bertz CT molecular complexity index is 1420. The molecule has 158 valence electrons. The van der Waals surface area contributed by atoms with E-state index < -0.39 is 0 Å². The molecular formula is C26H23N5O. The number of fused-ring (bicyclic) bond motifs is 1.